The molecule has 2 fully saturated rings. The standard InChI is InChI=1S/C18H23NO/c1-18-9-8-14-13-5-3-12(19)10-11(13)2-4-15(14)16(18)6-7-17(18)20/h3,5,10,14-16H,2,4,6-9,19H2,1H3/t14-,15+,16+,18+/m1/s1. The molecule has 0 aromatic heterocycles. The number of benzene rings is 1. The topological polar surface area (TPSA) is 43.1 Å². The SMILES string of the molecule is C[C@]12CC[C@@H]3c4ccc(N)cc4CC[C@@H]3[C@@H]1CCC2=O. The van der Waals surface area contributed by atoms with Gasteiger partial charge in [-0.05, 0) is 73.1 Å². The first kappa shape index (κ1) is 12.4. The molecule has 1 aromatic carbocycles. The van der Waals surface area contributed by atoms with Crippen LogP contribution in [0.2, 0.25) is 0 Å². The van der Waals surface area contributed by atoms with Crippen LogP contribution in [-0.4, -0.2) is 5.78 Å². The molecule has 4 atom stereocenters. The molecule has 1 aromatic rings. The Balaban J connectivity index is 1.73. The molecule has 0 spiro atoms. The van der Waals surface area contributed by atoms with E-state index in [4.69, 9.17) is 5.73 Å². The zero-order valence-electron chi connectivity index (χ0n) is 12.2. The predicted molar refractivity (Wildman–Crippen MR) is 80.5 cm³/mol. The summed E-state index contributed by atoms with van der Waals surface area (Å²) in [6.07, 6.45) is 6.60. The summed E-state index contributed by atoms with van der Waals surface area (Å²) in [7, 11) is 0. The lowest BCUT2D eigenvalue weighted by molar-refractivity contribution is -0.129. The Morgan fingerprint density at radius 3 is 2.90 bits per heavy atom. The van der Waals surface area contributed by atoms with Crippen molar-refractivity contribution < 1.29 is 4.79 Å². The van der Waals surface area contributed by atoms with Gasteiger partial charge in [0.25, 0.3) is 0 Å². The maximum Gasteiger partial charge on any atom is 0.139 e. The van der Waals surface area contributed by atoms with Crippen molar-refractivity contribution in [2.75, 3.05) is 5.73 Å². The van der Waals surface area contributed by atoms with Crippen LogP contribution in [0.25, 0.3) is 0 Å². The van der Waals surface area contributed by atoms with Crippen molar-refractivity contribution in [3.63, 3.8) is 0 Å². The number of rotatable bonds is 0. The summed E-state index contributed by atoms with van der Waals surface area (Å²) >= 11 is 0. The van der Waals surface area contributed by atoms with Gasteiger partial charge in [-0.3, -0.25) is 4.79 Å². The van der Waals surface area contributed by atoms with Gasteiger partial charge in [0.2, 0.25) is 0 Å². The molecule has 4 rings (SSSR count). The molecule has 2 nitrogen and oxygen atoms in total. The van der Waals surface area contributed by atoms with E-state index in [2.05, 4.69) is 25.1 Å². The first-order valence-corrected chi connectivity index (χ1v) is 8.01. The number of fused-ring (bicyclic) bond motifs is 5. The van der Waals surface area contributed by atoms with Gasteiger partial charge in [0.05, 0.1) is 0 Å². The lowest BCUT2D eigenvalue weighted by Crippen LogP contribution is -2.42. The third-order valence-corrected chi connectivity index (χ3v) is 6.46. The van der Waals surface area contributed by atoms with Crippen LogP contribution in [0.1, 0.15) is 56.1 Å². The van der Waals surface area contributed by atoms with Crippen LogP contribution in [0.4, 0.5) is 5.69 Å². The molecule has 0 bridgehead atoms. The average Bonchev–Trinajstić information content (AvgIpc) is 2.74. The molecule has 0 heterocycles. The largest absolute Gasteiger partial charge is 0.399 e. The Morgan fingerprint density at radius 1 is 1.20 bits per heavy atom. The number of nitrogens with two attached hydrogens (primary N) is 1. The average molecular weight is 269 g/mol. The van der Waals surface area contributed by atoms with Crippen molar-refractivity contribution in [1.82, 2.24) is 0 Å². The molecule has 3 aliphatic carbocycles. The highest BCUT2D eigenvalue weighted by molar-refractivity contribution is 5.87. The van der Waals surface area contributed by atoms with Gasteiger partial charge in [-0.2, -0.15) is 0 Å². The number of hydrogen-bond donors (Lipinski definition) is 1. The van der Waals surface area contributed by atoms with E-state index in [-0.39, 0.29) is 5.41 Å². The highest BCUT2D eigenvalue weighted by Crippen LogP contribution is 2.59. The zero-order chi connectivity index (χ0) is 13.9. The quantitative estimate of drug-likeness (QED) is 0.730. The highest BCUT2D eigenvalue weighted by atomic mass is 16.1. The maximum absolute atomic E-state index is 12.3. The Labute approximate surface area is 120 Å². The number of ketones is 1. The summed E-state index contributed by atoms with van der Waals surface area (Å²) in [6.45, 7) is 2.24. The Morgan fingerprint density at radius 2 is 2.05 bits per heavy atom. The van der Waals surface area contributed by atoms with E-state index >= 15 is 0 Å². The molecule has 0 unspecified atom stereocenters. The highest BCUT2D eigenvalue weighted by Gasteiger charge is 2.54. The molecular weight excluding hydrogens is 246 g/mol. The lowest BCUT2D eigenvalue weighted by Gasteiger charge is -2.48. The van der Waals surface area contributed by atoms with Crippen molar-refractivity contribution >= 4 is 11.5 Å². The second-order valence-electron chi connectivity index (χ2n) is 7.29. The third kappa shape index (κ3) is 1.54. The molecule has 3 aliphatic rings. The van der Waals surface area contributed by atoms with Crippen LogP contribution in [0.15, 0.2) is 18.2 Å². The Hall–Kier alpha value is -1.31. The Bertz CT molecular complexity index is 579. The van der Waals surface area contributed by atoms with Crippen molar-refractivity contribution in [2.45, 2.75) is 51.4 Å². The zero-order valence-corrected chi connectivity index (χ0v) is 12.2. The van der Waals surface area contributed by atoms with Gasteiger partial charge in [-0.25, -0.2) is 0 Å². The maximum atomic E-state index is 12.3. The smallest absolute Gasteiger partial charge is 0.139 e. The molecule has 2 saturated carbocycles. The number of anilines is 1. The normalized spacial score (nSPS) is 39.0. The van der Waals surface area contributed by atoms with E-state index in [1.165, 1.54) is 24.0 Å². The van der Waals surface area contributed by atoms with Crippen molar-refractivity contribution in [2.24, 2.45) is 17.3 Å². The first-order chi connectivity index (χ1) is 9.59. The van der Waals surface area contributed by atoms with Gasteiger partial charge >= 0.3 is 0 Å². The van der Waals surface area contributed by atoms with Crippen LogP contribution in [0.3, 0.4) is 0 Å². The van der Waals surface area contributed by atoms with E-state index in [0.717, 1.165) is 37.3 Å². The van der Waals surface area contributed by atoms with Crippen LogP contribution < -0.4 is 5.73 Å². The summed E-state index contributed by atoms with van der Waals surface area (Å²) in [6, 6.07) is 6.47. The molecule has 0 amide bonds. The molecular formula is C18H23NO. The van der Waals surface area contributed by atoms with E-state index in [1.807, 2.05) is 0 Å². The molecule has 2 heteroatoms. The summed E-state index contributed by atoms with van der Waals surface area (Å²) in [5.74, 6) is 2.54. The molecule has 0 aliphatic heterocycles. The molecule has 0 saturated heterocycles. The van der Waals surface area contributed by atoms with Crippen LogP contribution >= 0.6 is 0 Å². The first-order valence-electron chi connectivity index (χ1n) is 8.01. The van der Waals surface area contributed by atoms with Gasteiger partial charge in [0, 0.05) is 17.5 Å². The number of nitrogen functional groups attached to an aromatic ring is 1. The van der Waals surface area contributed by atoms with Crippen LogP contribution in [0, 0.1) is 17.3 Å². The van der Waals surface area contributed by atoms with Crippen molar-refractivity contribution in [1.29, 1.82) is 0 Å². The molecule has 106 valence electrons. The molecule has 2 N–H and O–H groups in total. The summed E-state index contributed by atoms with van der Waals surface area (Å²) in [4.78, 5) is 12.3. The Kier molecular flexibility index (Phi) is 2.55. The fraction of sp³-hybridized carbons (Fsp3) is 0.611. The summed E-state index contributed by atoms with van der Waals surface area (Å²) in [5, 5.41) is 0. The number of carbonyl (C=O) groups excluding carboxylic acids is 1. The summed E-state index contributed by atoms with van der Waals surface area (Å²) in [5.41, 5.74) is 9.79. The minimum Gasteiger partial charge on any atom is -0.399 e. The minimum atomic E-state index is -0.00746. The van der Waals surface area contributed by atoms with Gasteiger partial charge in [-0.1, -0.05) is 13.0 Å². The number of Topliss-reactive ketones (excluding diaryl/α,β-unsaturated/α-hetero) is 1. The fourth-order valence-corrected chi connectivity index (χ4v) is 5.37. The van der Waals surface area contributed by atoms with Gasteiger partial charge in [0.15, 0.2) is 0 Å². The molecule has 0 radical (unpaired) electrons. The van der Waals surface area contributed by atoms with Crippen molar-refractivity contribution in [3.8, 4) is 0 Å². The van der Waals surface area contributed by atoms with Gasteiger partial charge in [-0.15, -0.1) is 0 Å². The number of hydrogen-bond acceptors (Lipinski definition) is 2. The number of aryl methyl sites for hydroxylation is 1. The monoisotopic (exact) mass is 269 g/mol. The van der Waals surface area contributed by atoms with Crippen LogP contribution in [0.5, 0.6) is 0 Å². The van der Waals surface area contributed by atoms with E-state index in [9.17, 15) is 4.79 Å². The van der Waals surface area contributed by atoms with Gasteiger partial charge in [0.1, 0.15) is 5.78 Å². The lowest BCUT2D eigenvalue weighted by atomic mass is 9.55. The van der Waals surface area contributed by atoms with Crippen molar-refractivity contribution in [3.05, 3.63) is 29.3 Å². The number of carbonyl (C=O) groups is 1. The van der Waals surface area contributed by atoms with E-state index < -0.39 is 0 Å². The predicted octanol–water partition coefficient (Wildman–Crippen LogP) is 3.69. The minimum absolute atomic E-state index is 0.00746. The van der Waals surface area contributed by atoms with E-state index in [0.29, 0.717) is 17.6 Å². The van der Waals surface area contributed by atoms with Crippen LogP contribution in [-0.2, 0) is 11.2 Å². The second kappa shape index (κ2) is 4.09. The summed E-state index contributed by atoms with van der Waals surface area (Å²) < 4.78 is 0. The molecule has 20 heavy (non-hydrogen) atoms. The van der Waals surface area contributed by atoms with E-state index in [1.54, 1.807) is 0 Å². The third-order valence-electron chi connectivity index (χ3n) is 6.46. The van der Waals surface area contributed by atoms with Gasteiger partial charge < -0.3 is 5.73 Å². The fourth-order valence-electron chi connectivity index (χ4n) is 5.37. The second-order valence-corrected chi connectivity index (χ2v) is 7.29.